The van der Waals surface area contributed by atoms with Gasteiger partial charge in [0.2, 0.25) is 0 Å². The number of rotatable bonds is 7. The average Bonchev–Trinajstić information content (AvgIpc) is 2.60. The van der Waals surface area contributed by atoms with E-state index in [-0.39, 0.29) is 24.9 Å². The van der Waals surface area contributed by atoms with Gasteiger partial charge in [-0.2, -0.15) is 0 Å². The Morgan fingerprint density at radius 1 is 1.08 bits per heavy atom. The van der Waals surface area contributed by atoms with Crippen LogP contribution in [0.5, 0.6) is 5.75 Å². The number of benzene rings is 2. The van der Waals surface area contributed by atoms with Crippen LogP contribution in [0.1, 0.15) is 31.7 Å². The Hall–Kier alpha value is -2.20. The van der Waals surface area contributed by atoms with Crippen molar-refractivity contribution < 1.29 is 9.53 Å². The summed E-state index contributed by atoms with van der Waals surface area (Å²) in [6.45, 7) is 4.37. The van der Waals surface area contributed by atoms with Crippen LogP contribution in [0.25, 0.3) is 0 Å². The molecule has 25 heavy (non-hydrogen) atoms. The second-order valence-electron chi connectivity index (χ2n) is 6.16. The molecule has 0 aromatic heterocycles. The summed E-state index contributed by atoms with van der Waals surface area (Å²) in [5, 5.41) is 2.83. The number of anilines is 2. The van der Waals surface area contributed by atoms with E-state index in [1.54, 1.807) is 0 Å². The van der Waals surface area contributed by atoms with Crippen molar-refractivity contribution in [1.82, 2.24) is 0 Å². The summed E-state index contributed by atoms with van der Waals surface area (Å²) in [6.07, 6.45) is 1.11. The molecule has 0 aliphatic rings. The maximum atomic E-state index is 12.0. The number of hydrogen-bond acceptors (Lipinski definition) is 3. The molecular formula is C20H27ClN2O2. The van der Waals surface area contributed by atoms with Gasteiger partial charge in [0.1, 0.15) is 5.75 Å². The minimum Gasteiger partial charge on any atom is -0.484 e. The summed E-state index contributed by atoms with van der Waals surface area (Å²) in [7, 11) is 3.96. The maximum Gasteiger partial charge on any atom is 0.262 e. The standard InChI is InChI=1S/C20H26N2O2.ClH/c1-5-15(2)16-6-12-19(13-7-16)24-14-20(23)21-17-8-10-18(11-9-17)22(3)4;/h6-13,15H,5,14H2,1-4H3,(H,21,23);1H. The Balaban J connectivity index is 0.00000312. The van der Waals surface area contributed by atoms with Crippen LogP contribution >= 0.6 is 12.4 Å². The lowest BCUT2D eigenvalue weighted by Gasteiger charge is -2.13. The zero-order chi connectivity index (χ0) is 17.5. The van der Waals surface area contributed by atoms with Gasteiger partial charge in [-0.15, -0.1) is 12.4 Å². The van der Waals surface area contributed by atoms with E-state index in [1.807, 2.05) is 55.4 Å². The molecule has 1 N–H and O–H groups in total. The third kappa shape index (κ3) is 6.31. The van der Waals surface area contributed by atoms with E-state index >= 15 is 0 Å². The maximum absolute atomic E-state index is 12.0. The molecule has 0 aliphatic heterocycles. The first-order valence-corrected chi connectivity index (χ1v) is 8.29. The van der Waals surface area contributed by atoms with Gasteiger partial charge in [-0.3, -0.25) is 4.79 Å². The van der Waals surface area contributed by atoms with Gasteiger partial charge in [-0.25, -0.2) is 0 Å². The summed E-state index contributed by atoms with van der Waals surface area (Å²) < 4.78 is 5.55. The number of halogens is 1. The summed E-state index contributed by atoms with van der Waals surface area (Å²) in [4.78, 5) is 14.0. The molecule has 5 heteroatoms. The molecule has 0 radical (unpaired) electrons. The predicted octanol–water partition coefficient (Wildman–Crippen LogP) is 4.71. The summed E-state index contributed by atoms with van der Waals surface area (Å²) >= 11 is 0. The van der Waals surface area contributed by atoms with Crippen molar-refractivity contribution in [2.75, 3.05) is 30.9 Å². The number of hydrogen-bond donors (Lipinski definition) is 1. The van der Waals surface area contributed by atoms with Crippen LogP contribution in [0.3, 0.4) is 0 Å². The van der Waals surface area contributed by atoms with Crippen molar-refractivity contribution in [2.45, 2.75) is 26.2 Å². The summed E-state index contributed by atoms with van der Waals surface area (Å²) in [5.41, 5.74) is 3.14. The van der Waals surface area contributed by atoms with Gasteiger partial charge in [0.15, 0.2) is 6.61 Å². The molecule has 0 heterocycles. The van der Waals surface area contributed by atoms with E-state index in [9.17, 15) is 4.79 Å². The molecule has 1 unspecified atom stereocenters. The van der Waals surface area contributed by atoms with Crippen molar-refractivity contribution in [3.05, 3.63) is 54.1 Å². The Kier molecular flexibility index (Phi) is 8.29. The van der Waals surface area contributed by atoms with Crippen LogP contribution in [0, 0.1) is 0 Å². The zero-order valence-corrected chi connectivity index (χ0v) is 16.1. The Morgan fingerprint density at radius 3 is 2.20 bits per heavy atom. The molecule has 0 aliphatic carbocycles. The number of nitrogens with one attached hydrogen (secondary N) is 1. The number of ether oxygens (including phenoxy) is 1. The van der Waals surface area contributed by atoms with Crippen molar-refractivity contribution in [1.29, 1.82) is 0 Å². The summed E-state index contributed by atoms with van der Waals surface area (Å²) in [6, 6.07) is 15.6. The minimum absolute atomic E-state index is 0. The van der Waals surface area contributed by atoms with Gasteiger partial charge in [0.05, 0.1) is 0 Å². The monoisotopic (exact) mass is 362 g/mol. The third-order valence-corrected chi connectivity index (χ3v) is 4.10. The normalized spacial score (nSPS) is 11.2. The fraction of sp³-hybridized carbons (Fsp3) is 0.350. The average molecular weight is 363 g/mol. The summed E-state index contributed by atoms with van der Waals surface area (Å²) in [5.74, 6) is 1.08. The van der Waals surface area contributed by atoms with Crippen molar-refractivity contribution in [3.63, 3.8) is 0 Å². The van der Waals surface area contributed by atoms with E-state index < -0.39 is 0 Å². The number of amides is 1. The van der Waals surface area contributed by atoms with Gasteiger partial charge < -0.3 is 15.0 Å². The molecule has 0 fully saturated rings. The van der Waals surface area contributed by atoms with Crippen molar-refractivity contribution in [3.8, 4) is 5.75 Å². The SMILES string of the molecule is CCC(C)c1ccc(OCC(=O)Nc2ccc(N(C)C)cc2)cc1.Cl. The highest BCUT2D eigenvalue weighted by atomic mass is 35.5. The number of carbonyl (C=O) groups excluding carboxylic acids is 1. The van der Waals surface area contributed by atoms with Crippen LogP contribution in [0.15, 0.2) is 48.5 Å². The minimum atomic E-state index is -0.168. The molecule has 2 aromatic rings. The zero-order valence-electron chi connectivity index (χ0n) is 15.3. The van der Waals surface area contributed by atoms with E-state index in [2.05, 4.69) is 31.3 Å². The van der Waals surface area contributed by atoms with E-state index in [0.717, 1.165) is 17.8 Å². The van der Waals surface area contributed by atoms with Crippen LogP contribution in [0.2, 0.25) is 0 Å². The molecule has 2 aromatic carbocycles. The lowest BCUT2D eigenvalue weighted by atomic mass is 9.99. The quantitative estimate of drug-likeness (QED) is 0.775. The number of carbonyl (C=O) groups is 1. The second-order valence-corrected chi connectivity index (χ2v) is 6.16. The highest BCUT2D eigenvalue weighted by Crippen LogP contribution is 2.21. The first-order valence-electron chi connectivity index (χ1n) is 8.29. The van der Waals surface area contributed by atoms with Gasteiger partial charge >= 0.3 is 0 Å². The van der Waals surface area contributed by atoms with E-state index in [0.29, 0.717) is 11.7 Å². The third-order valence-electron chi connectivity index (χ3n) is 4.10. The number of nitrogens with zero attached hydrogens (tertiary/aromatic N) is 1. The second kappa shape index (κ2) is 9.94. The van der Waals surface area contributed by atoms with Gasteiger partial charge in [0.25, 0.3) is 5.91 Å². The molecule has 0 saturated heterocycles. The van der Waals surface area contributed by atoms with Gasteiger partial charge in [-0.05, 0) is 54.3 Å². The van der Waals surface area contributed by atoms with Crippen LogP contribution in [-0.2, 0) is 4.79 Å². The first-order chi connectivity index (χ1) is 11.5. The molecular weight excluding hydrogens is 336 g/mol. The molecule has 0 bridgehead atoms. The van der Waals surface area contributed by atoms with Crippen molar-refractivity contribution in [2.24, 2.45) is 0 Å². The van der Waals surface area contributed by atoms with Crippen molar-refractivity contribution >= 4 is 29.7 Å². The van der Waals surface area contributed by atoms with Gasteiger partial charge in [0, 0.05) is 25.5 Å². The highest BCUT2D eigenvalue weighted by Gasteiger charge is 2.06. The Bertz CT molecular complexity index is 654. The highest BCUT2D eigenvalue weighted by molar-refractivity contribution is 5.92. The van der Waals surface area contributed by atoms with Crippen LogP contribution in [-0.4, -0.2) is 26.6 Å². The van der Waals surface area contributed by atoms with Gasteiger partial charge in [-0.1, -0.05) is 26.0 Å². The fourth-order valence-corrected chi connectivity index (χ4v) is 2.32. The van der Waals surface area contributed by atoms with Crippen LogP contribution < -0.4 is 15.0 Å². The Morgan fingerprint density at radius 2 is 1.68 bits per heavy atom. The first kappa shape index (κ1) is 20.8. The molecule has 2 rings (SSSR count). The van der Waals surface area contributed by atoms with Crippen LogP contribution in [0.4, 0.5) is 11.4 Å². The van der Waals surface area contributed by atoms with E-state index in [4.69, 9.17) is 4.74 Å². The molecule has 1 atom stereocenters. The topological polar surface area (TPSA) is 41.6 Å². The molecule has 1 amide bonds. The lowest BCUT2D eigenvalue weighted by Crippen LogP contribution is -2.20. The predicted molar refractivity (Wildman–Crippen MR) is 107 cm³/mol. The smallest absolute Gasteiger partial charge is 0.262 e. The van der Waals surface area contributed by atoms with E-state index in [1.165, 1.54) is 5.56 Å². The molecule has 4 nitrogen and oxygen atoms in total. The lowest BCUT2D eigenvalue weighted by molar-refractivity contribution is -0.118. The Labute approximate surface area is 156 Å². The fourth-order valence-electron chi connectivity index (χ4n) is 2.32. The molecule has 136 valence electrons. The molecule has 0 spiro atoms. The molecule has 0 saturated carbocycles. The largest absolute Gasteiger partial charge is 0.484 e.